The lowest BCUT2D eigenvalue weighted by molar-refractivity contribution is -0.137. The van der Waals surface area contributed by atoms with Gasteiger partial charge in [0.05, 0.1) is 23.2 Å². The Kier molecular flexibility index (Phi) is 4.26. The third-order valence-electron chi connectivity index (χ3n) is 4.24. The van der Waals surface area contributed by atoms with E-state index in [1.807, 2.05) is 0 Å². The average Bonchev–Trinajstić information content (AvgIpc) is 3.03. The predicted octanol–water partition coefficient (Wildman–Crippen LogP) is 3.24. The third-order valence-corrected chi connectivity index (χ3v) is 4.24. The van der Waals surface area contributed by atoms with Gasteiger partial charge in [-0.2, -0.15) is 18.2 Å². The van der Waals surface area contributed by atoms with Crippen LogP contribution in [0.5, 0.6) is 17.5 Å². The molecular weight excluding hydrogens is 391 g/mol. The lowest BCUT2D eigenvalue weighted by Gasteiger charge is -2.15. The van der Waals surface area contributed by atoms with E-state index in [4.69, 9.17) is 4.74 Å². The number of aromatic nitrogens is 2. The van der Waals surface area contributed by atoms with Crippen LogP contribution in [0, 0.1) is 0 Å². The quantitative estimate of drug-likeness (QED) is 0.700. The van der Waals surface area contributed by atoms with Crippen LogP contribution in [0.3, 0.4) is 0 Å². The van der Waals surface area contributed by atoms with Crippen LogP contribution in [0.2, 0.25) is 0 Å². The first kappa shape index (κ1) is 18.5. The Morgan fingerprint density at radius 1 is 1.03 bits per heavy atom. The number of hydrogen-bond acceptors (Lipinski definition) is 5. The molecule has 3 aromatic rings. The molecule has 1 aliphatic rings. The Labute approximate surface area is 161 Å². The molecule has 2 heterocycles. The van der Waals surface area contributed by atoms with Crippen LogP contribution in [0.4, 0.5) is 19.0 Å². The van der Waals surface area contributed by atoms with Crippen LogP contribution in [0.1, 0.15) is 11.1 Å². The number of amides is 1. The Morgan fingerprint density at radius 2 is 1.69 bits per heavy atom. The third kappa shape index (κ3) is 3.51. The molecule has 0 aliphatic carbocycles. The van der Waals surface area contributed by atoms with Crippen molar-refractivity contribution in [3.05, 3.63) is 70.0 Å². The SMILES string of the molecule is O=C1Cc2c(nc(Oc3ccc(C(F)(F)F)cc3)n(-c3ccc(O)cc3)c2=O)N1. The first-order valence-electron chi connectivity index (χ1n) is 8.32. The first-order chi connectivity index (χ1) is 13.7. The molecule has 0 spiro atoms. The number of benzene rings is 2. The van der Waals surface area contributed by atoms with Crippen LogP contribution < -0.4 is 15.6 Å². The molecule has 1 aliphatic heterocycles. The summed E-state index contributed by atoms with van der Waals surface area (Å²) in [6.45, 7) is 0. The molecule has 148 valence electrons. The van der Waals surface area contributed by atoms with Crippen molar-refractivity contribution in [2.45, 2.75) is 12.6 Å². The van der Waals surface area contributed by atoms with E-state index in [2.05, 4.69) is 10.3 Å². The summed E-state index contributed by atoms with van der Waals surface area (Å²) in [5.74, 6) is -0.384. The highest BCUT2D eigenvalue weighted by Crippen LogP contribution is 2.32. The largest absolute Gasteiger partial charge is 0.508 e. The predicted molar refractivity (Wildman–Crippen MR) is 95.4 cm³/mol. The van der Waals surface area contributed by atoms with E-state index >= 15 is 0 Å². The second-order valence-corrected chi connectivity index (χ2v) is 6.23. The van der Waals surface area contributed by atoms with E-state index in [-0.39, 0.29) is 35.3 Å². The maximum absolute atomic E-state index is 12.9. The monoisotopic (exact) mass is 403 g/mol. The molecule has 2 N–H and O–H groups in total. The van der Waals surface area contributed by atoms with Gasteiger partial charge in [-0.3, -0.25) is 9.59 Å². The molecule has 0 bridgehead atoms. The van der Waals surface area contributed by atoms with Crippen molar-refractivity contribution in [3.8, 4) is 23.2 Å². The Morgan fingerprint density at radius 3 is 2.31 bits per heavy atom. The molecule has 0 radical (unpaired) electrons. The molecule has 1 amide bonds. The van der Waals surface area contributed by atoms with Gasteiger partial charge in [0.25, 0.3) is 5.56 Å². The van der Waals surface area contributed by atoms with Crippen molar-refractivity contribution in [2.24, 2.45) is 0 Å². The van der Waals surface area contributed by atoms with Gasteiger partial charge in [0.15, 0.2) is 0 Å². The molecule has 0 fully saturated rings. The van der Waals surface area contributed by atoms with Gasteiger partial charge in [0, 0.05) is 0 Å². The highest BCUT2D eigenvalue weighted by Gasteiger charge is 2.30. The molecular formula is C19H12F3N3O4. The van der Waals surface area contributed by atoms with Gasteiger partial charge in [-0.15, -0.1) is 0 Å². The van der Waals surface area contributed by atoms with Crippen molar-refractivity contribution in [1.29, 1.82) is 0 Å². The number of rotatable bonds is 3. The molecule has 10 heteroatoms. The molecule has 0 saturated carbocycles. The molecule has 0 atom stereocenters. The minimum absolute atomic E-state index is 0.0155. The van der Waals surface area contributed by atoms with Crippen molar-refractivity contribution in [1.82, 2.24) is 9.55 Å². The lowest BCUT2D eigenvalue weighted by atomic mass is 10.2. The van der Waals surface area contributed by atoms with Crippen LogP contribution in [0.25, 0.3) is 5.69 Å². The number of ether oxygens (including phenoxy) is 1. The van der Waals surface area contributed by atoms with Gasteiger partial charge >= 0.3 is 12.2 Å². The zero-order valence-corrected chi connectivity index (χ0v) is 14.5. The van der Waals surface area contributed by atoms with E-state index < -0.39 is 23.2 Å². The summed E-state index contributed by atoms with van der Waals surface area (Å²) in [5.41, 5.74) is -0.983. The van der Waals surface area contributed by atoms with Gasteiger partial charge in [-0.25, -0.2) is 4.57 Å². The zero-order valence-electron chi connectivity index (χ0n) is 14.5. The van der Waals surface area contributed by atoms with Gasteiger partial charge in [0.2, 0.25) is 5.91 Å². The number of hydrogen-bond donors (Lipinski definition) is 2. The Bertz CT molecular complexity index is 1150. The van der Waals surface area contributed by atoms with Crippen molar-refractivity contribution < 1.29 is 27.8 Å². The highest BCUT2D eigenvalue weighted by molar-refractivity contribution is 5.97. The molecule has 2 aromatic carbocycles. The number of phenolic OH excluding ortho intramolecular Hbond substituents is 1. The van der Waals surface area contributed by atoms with Gasteiger partial charge < -0.3 is 15.2 Å². The number of phenols is 1. The minimum atomic E-state index is -4.50. The van der Waals surface area contributed by atoms with Crippen LogP contribution in [0.15, 0.2) is 53.3 Å². The summed E-state index contributed by atoms with van der Waals surface area (Å²) < 4.78 is 44.9. The molecule has 0 unspecified atom stereocenters. The standard InChI is InChI=1S/C19H12F3N3O4/c20-19(21,22)10-1-7-13(8-2-10)29-18-24-16-14(9-15(27)23-16)17(28)25(18)11-3-5-12(26)6-4-11/h1-8,26H,9H2,(H,23,27). The van der Waals surface area contributed by atoms with Crippen molar-refractivity contribution in [2.75, 3.05) is 5.32 Å². The first-order valence-corrected chi connectivity index (χ1v) is 8.32. The number of halogens is 3. The summed E-state index contributed by atoms with van der Waals surface area (Å²) in [5, 5.41) is 11.9. The highest BCUT2D eigenvalue weighted by atomic mass is 19.4. The number of alkyl halides is 3. The number of fused-ring (bicyclic) bond motifs is 1. The number of aromatic hydroxyl groups is 1. The maximum atomic E-state index is 12.9. The lowest BCUT2D eigenvalue weighted by Crippen LogP contribution is -2.24. The summed E-state index contributed by atoms with van der Waals surface area (Å²) in [4.78, 5) is 28.7. The summed E-state index contributed by atoms with van der Waals surface area (Å²) >= 11 is 0. The van der Waals surface area contributed by atoms with Crippen LogP contribution >= 0.6 is 0 Å². The minimum Gasteiger partial charge on any atom is -0.508 e. The van der Waals surface area contributed by atoms with Crippen molar-refractivity contribution >= 4 is 11.7 Å². The molecule has 29 heavy (non-hydrogen) atoms. The fourth-order valence-corrected chi connectivity index (χ4v) is 2.85. The molecule has 0 saturated heterocycles. The van der Waals surface area contributed by atoms with Crippen LogP contribution in [-0.2, 0) is 17.4 Å². The topological polar surface area (TPSA) is 93.4 Å². The fourth-order valence-electron chi connectivity index (χ4n) is 2.85. The van der Waals surface area contributed by atoms with Crippen molar-refractivity contribution in [3.63, 3.8) is 0 Å². The second kappa shape index (κ2) is 6.66. The summed E-state index contributed by atoms with van der Waals surface area (Å²) in [6, 6.07) is 9.20. The smallest absolute Gasteiger partial charge is 0.416 e. The molecule has 4 rings (SSSR count). The van der Waals surface area contributed by atoms with E-state index in [0.717, 1.165) is 28.8 Å². The number of anilines is 1. The van der Waals surface area contributed by atoms with Gasteiger partial charge in [-0.1, -0.05) is 0 Å². The molecule has 1 aromatic heterocycles. The second-order valence-electron chi connectivity index (χ2n) is 6.23. The molecule has 7 nitrogen and oxygen atoms in total. The Balaban J connectivity index is 1.81. The zero-order chi connectivity index (χ0) is 20.8. The van der Waals surface area contributed by atoms with E-state index in [0.29, 0.717) is 5.69 Å². The number of nitrogens with one attached hydrogen (secondary N) is 1. The Hall–Kier alpha value is -3.82. The van der Waals surface area contributed by atoms with E-state index in [1.54, 1.807) is 0 Å². The number of nitrogens with zero attached hydrogens (tertiary/aromatic N) is 2. The number of carbonyl (C=O) groups excluding carboxylic acids is 1. The maximum Gasteiger partial charge on any atom is 0.416 e. The average molecular weight is 403 g/mol. The van der Waals surface area contributed by atoms with Gasteiger partial charge in [-0.05, 0) is 48.5 Å². The summed E-state index contributed by atoms with van der Waals surface area (Å²) in [7, 11) is 0. The van der Waals surface area contributed by atoms with Crippen LogP contribution in [-0.4, -0.2) is 20.6 Å². The van der Waals surface area contributed by atoms with E-state index in [9.17, 15) is 27.9 Å². The summed E-state index contributed by atoms with van der Waals surface area (Å²) in [6.07, 6.45) is -4.65. The normalized spacial score (nSPS) is 13.1. The fraction of sp³-hybridized carbons (Fsp3) is 0.105. The van der Waals surface area contributed by atoms with Gasteiger partial charge in [0.1, 0.15) is 17.3 Å². The number of carbonyl (C=O) groups is 1. The van der Waals surface area contributed by atoms with E-state index in [1.165, 1.54) is 24.3 Å².